The van der Waals surface area contributed by atoms with Crippen molar-refractivity contribution in [1.29, 1.82) is 10.5 Å². The number of rotatable bonds is 9. The lowest BCUT2D eigenvalue weighted by Crippen LogP contribution is -2.25. The highest BCUT2D eigenvalue weighted by Gasteiger charge is 2.19. The number of fused-ring (bicyclic) bond motifs is 1. The van der Waals surface area contributed by atoms with Crippen LogP contribution in [0.25, 0.3) is 17.0 Å². The normalized spacial score (nSPS) is 11.5. The summed E-state index contributed by atoms with van der Waals surface area (Å²) >= 11 is 0. The zero-order chi connectivity index (χ0) is 23.8. The first-order chi connectivity index (χ1) is 16.1. The van der Waals surface area contributed by atoms with Gasteiger partial charge in [-0.15, -0.1) is 0 Å². The van der Waals surface area contributed by atoms with Gasteiger partial charge in [-0.3, -0.25) is 4.79 Å². The van der Waals surface area contributed by atoms with E-state index in [0.29, 0.717) is 35.8 Å². The average molecular weight is 444 g/mol. The fourth-order valence-corrected chi connectivity index (χ4v) is 3.58. The van der Waals surface area contributed by atoms with Crippen molar-refractivity contribution >= 4 is 22.9 Å². The molecule has 0 saturated carbocycles. The molecule has 1 amide bonds. The Labute approximate surface area is 192 Å². The lowest BCUT2D eigenvalue weighted by Gasteiger charge is -2.16. The minimum Gasteiger partial charge on any atom is -0.493 e. The Bertz CT molecular complexity index is 1240. The number of benzene rings is 2. The molecule has 1 heterocycles. The van der Waals surface area contributed by atoms with Gasteiger partial charge in [-0.1, -0.05) is 18.2 Å². The molecular formula is C25H24N4O4. The Balaban J connectivity index is 1.83. The largest absolute Gasteiger partial charge is 0.493 e. The van der Waals surface area contributed by atoms with Crippen LogP contribution in [0.3, 0.4) is 0 Å². The van der Waals surface area contributed by atoms with Crippen LogP contribution in [0.4, 0.5) is 0 Å². The Morgan fingerprint density at radius 3 is 2.42 bits per heavy atom. The summed E-state index contributed by atoms with van der Waals surface area (Å²) in [6.07, 6.45) is 5.39. The van der Waals surface area contributed by atoms with Crippen LogP contribution in [0, 0.1) is 22.7 Å². The van der Waals surface area contributed by atoms with Crippen LogP contribution < -0.4 is 19.5 Å². The predicted octanol–water partition coefficient (Wildman–Crippen LogP) is 3.98. The van der Waals surface area contributed by atoms with Crippen molar-refractivity contribution < 1.29 is 19.0 Å². The molecule has 0 radical (unpaired) electrons. The Morgan fingerprint density at radius 2 is 1.82 bits per heavy atom. The molecule has 1 N–H and O–H groups in total. The number of nitriles is 2. The Hall–Kier alpha value is -4.43. The lowest BCUT2D eigenvalue weighted by molar-refractivity contribution is -0.116. The highest BCUT2D eigenvalue weighted by molar-refractivity contribution is 5.96. The van der Waals surface area contributed by atoms with E-state index in [-0.39, 0.29) is 0 Å². The fraction of sp³-hybridized carbons (Fsp3) is 0.240. The maximum Gasteiger partial charge on any atom is 0.245 e. The molecular weight excluding hydrogens is 420 g/mol. The monoisotopic (exact) mass is 444 g/mol. The van der Waals surface area contributed by atoms with Gasteiger partial charge in [0, 0.05) is 35.3 Å². The zero-order valence-electron chi connectivity index (χ0n) is 18.7. The first-order valence-corrected chi connectivity index (χ1v) is 10.2. The van der Waals surface area contributed by atoms with E-state index in [9.17, 15) is 10.1 Å². The number of carbonyl (C=O) groups excluding carboxylic acids is 1. The minimum absolute atomic E-state index is 0.390. The Kier molecular flexibility index (Phi) is 7.56. The second kappa shape index (κ2) is 10.7. The van der Waals surface area contributed by atoms with E-state index in [1.165, 1.54) is 27.4 Å². The van der Waals surface area contributed by atoms with Gasteiger partial charge >= 0.3 is 0 Å². The van der Waals surface area contributed by atoms with E-state index >= 15 is 0 Å². The SMILES string of the molecule is COc1cc(C(C#N)NC(=O)/C=C/c2cn(CCC#N)c3ccccc23)cc(OC)c1OC. The van der Waals surface area contributed by atoms with Gasteiger partial charge in [-0.25, -0.2) is 0 Å². The summed E-state index contributed by atoms with van der Waals surface area (Å²) in [6.45, 7) is 0.564. The average Bonchev–Trinajstić information content (AvgIpc) is 3.21. The fourth-order valence-electron chi connectivity index (χ4n) is 3.58. The van der Waals surface area contributed by atoms with Crippen molar-refractivity contribution in [2.45, 2.75) is 19.0 Å². The first kappa shape index (κ1) is 23.2. The van der Waals surface area contributed by atoms with E-state index in [0.717, 1.165) is 16.5 Å². The van der Waals surface area contributed by atoms with Gasteiger partial charge < -0.3 is 24.1 Å². The molecule has 1 aromatic heterocycles. The van der Waals surface area contributed by atoms with Gasteiger partial charge in [0.05, 0.1) is 39.9 Å². The molecule has 3 rings (SSSR count). The highest BCUT2D eigenvalue weighted by Crippen LogP contribution is 2.39. The number of amides is 1. The summed E-state index contributed by atoms with van der Waals surface area (Å²) in [6, 6.07) is 14.4. The van der Waals surface area contributed by atoms with Crippen molar-refractivity contribution in [3.63, 3.8) is 0 Å². The number of nitrogens with one attached hydrogen (secondary N) is 1. The summed E-state index contributed by atoms with van der Waals surface area (Å²) in [7, 11) is 4.46. The van der Waals surface area contributed by atoms with Crippen molar-refractivity contribution in [1.82, 2.24) is 9.88 Å². The number of aryl methyl sites for hydroxylation is 1. The molecule has 0 aliphatic carbocycles. The first-order valence-electron chi connectivity index (χ1n) is 10.2. The number of hydrogen-bond acceptors (Lipinski definition) is 6. The molecule has 33 heavy (non-hydrogen) atoms. The summed E-state index contributed by atoms with van der Waals surface area (Å²) < 4.78 is 18.0. The zero-order valence-corrected chi connectivity index (χ0v) is 18.7. The van der Waals surface area contributed by atoms with Crippen molar-refractivity contribution in [2.75, 3.05) is 21.3 Å². The lowest BCUT2D eigenvalue weighted by atomic mass is 10.1. The van der Waals surface area contributed by atoms with Gasteiger partial charge in [-0.2, -0.15) is 10.5 Å². The van der Waals surface area contributed by atoms with Gasteiger partial charge in [0.15, 0.2) is 11.5 Å². The third kappa shape index (κ3) is 5.08. The van der Waals surface area contributed by atoms with Crippen LogP contribution in [0.15, 0.2) is 48.7 Å². The molecule has 0 aliphatic heterocycles. The van der Waals surface area contributed by atoms with E-state index < -0.39 is 11.9 Å². The summed E-state index contributed by atoms with van der Waals surface area (Å²) in [5, 5.41) is 22.2. The van der Waals surface area contributed by atoms with Gasteiger partial charge in [0.25, 0.3) is 0 Å². The van der Waals surface area contributed by atoms with Crippen LogP contribution in [0.5, 0.6) is 17.2 Å². The van der Waals surface area contributed by atoms with Gasteiger partial charge in [0.2, 0.25) is 11.7 Å². The molecule has 0 spiro atoms. The van der Waals surface area contributed by atoms with E-state index in [2.05, 4.69) is 17.5 Å². The predicted molar refractivity (Wildman–Crippen MR) is 124 cm³/mol. The summed E-state index contributed by atoms with van der Waals surface area (Å²) in [4.78, 5) is 12.6. The molecule has 0 aliphatic rings. The summed E-state index contributed by atoms with van der Waals surface area (Å²) in [5.41, 5.74) is 2.34. The van der Waals surface area contributed by atoms with Gasteiger partial charge in [0.1, 0.15) is 6.04 Å². The number of methoxy groups -OCH3 is 3. The molecule has 0 saturated heterocycles. The molecule has 8 nitrogen and oxygen atoms in total. The maximum absolute atomic E-state index is 12.6. The van der Waals surface area contributed by atoms with Crippen molar-refractivity contribution in [3.8, 4) is 29.4 Å². The van der Waals surface area contributed by atoms with Crippen molar-refractivity contribution in [3.05, 3.63) is 59.8 Å². The minimum atomic E-state index is -0.923. The quantitative estimate of drug-likeness (QED) is 0.500. The van der Waals surface area contributed by atoms with Crippen LogP contribution in [0.1, 0.15) is 23.6 Å². The maximum atomic E-state index is 12.6. The third-order valence-corrected chi connectivity index (χ3v) is 5.13. The molecule has 1 atom stereocenters. The second-order valence-electron chi connectivity index (χ2n) is 7.07. The molecule has 1 unspecified atom stereocenters. The smallest absolute Gasteiger partial charge is 0.245 e. The van der Waals surface area contributed by atoms with E-state index in [1.807, 2.05) is 35.0 Å². The summed E-state index contributed by atoms with van der Waals surface area (Å²) in [5.74, 6) is 0.757. The number of ether oxygens (including phenoxy) is 3. The topological polar surface area (TPSA) is 109 Å². The highest BCUT2D eigenvalue weighted by atomic mass is 16.5. The number of aromatic nitrogens is 1. The molecule has 3 aromatic rings. The van der Waals surface area contributed by atoms with Crippen molar-refractivity contribution in [2.24, 2.45) is 0 Å². The number of hydrogen-bond donors (Lipinski definition) is 1. The molecule has 8 heteroatoms. The van der Waals surface area contributed by atoms with E-state index in [1.54, 1.807) is 18.2 Å². The molecule has 0 fully saturated rings. The third-order valence-electron chi connectivity index (χ3n) is 5.13. The Morgan fingerprint density at radius 1 is 1.12 bits per heavy atom. The van der Waals surface area contributed by atoms with Crippen LogP contribution in [-0.2, 0) is 11.3 Å². The van der Waals surface area contributed by atoms with Crippen LogP contribution in [-0.4, -0.2) is 31.8 Å². The number of nitrogens with zero attached hydrogens (tertiary/aromatic N) is 3. The molecule has 168 valence electrons. The molecule has 0 bridgehead atoms. The number of para-hydroxylation sites is 1. The number of carbonyl (C=O) groups is 1. The van der Waals surface area contributed by atoms with Crippen LogP contribution in [0.2, 0.25) is 0 Å². The van der Waals surface area contributed by atoms with E-state index in [4.69, 9.17) is 19.5 Å². The van der Waals surface area contributed by atoms with Crippen LogP contribution >= 0.6 is 0 Å². The van der Waals surface area contributed by atoms with Gasteiger partial charge in [-0.05, 0) is 29.8 Å². The molecule has 2 aromatic carbocycles. The standard InChI is InChI=1S/C25H24N4O4/c1-31-22-13-18(14-23(32-2)25(22)33-3)20(15-27)28-24(30)10-9-17-16-29(12-6-11-26)21-8-5-4-7-19(17)21/h4-5,7-10,13-14,16,20H,6,12H2,1-3H3,(H,28,30)/b10-9+. The second-order valence-corrected chi connectivity index (χ2v) is 7.07.